The van der Waals surface area contributed by atoms with Crippen LogP contribution in [0.1, 0.15) is 55.5 Å². The molecule has 2 N–H and O–H groups in total. The fourth-order valence-electron chi connectivity index (χ4n) is 2.95. The van der Waals surface area contributed by atoms with Crippen molar-refractivity contribution in [3.63, 3.8) is 0 Å². The van der Waals surface area contributed by atoms with Gasteiger partial charge in [0.1, 0.15) is 5.69 Å². The van der Waals surface area contributed by atoms with E-state index in [4.69, 9.17) is 4.74 Å². The quantitative estimate of drug-likeness (QED) is 0.846. The maximum Gasteiger partial charge on any atom is 0.339 e. The first-order chi connectivity index (χ1) is 11.0. The molecule has 2 heterocycles. The third-order valence-corrected chi connectivity index (χ3v) is 5.19. The van der Waals surface area contributed by atoms with Crippen molar-refractivity contribution in [2.45, 2.75) is 39.5 Å². The van der Waals surface area contributed by atoms with Gasteiger partial charge in [-0.1, -0.05) is 0 Å². The van der Waals surface area contributed by atoms with E-state index in [0.717, 1.165) is 25.0 Å². The van der Waals surface area contributed by atoms with Crippen LogP contribution in [-0.4, -0.2) is 29.0 Å². The molecule has 0 aliphatic heterocycles. The summed E-state index contributed by atoms with van der Waals surface area (Å²) >= 11 is 1.54. The molecule has 6 nitrogen and oxygen atoms in total. The molecular formula is C16H19N3O3S. The van der Waals surface area contributed by atoms with Gasteiger partial charge in [0.25, 0.3) is 5.91 Å². The lowest BCUT2D eigenvalue weighted by Gasteiger charge is -2.06. The Morgan fingerprint density at radius 3 is 2.70 bits per heavy atom. The number of aromatic nitrogens is 2. The molecule has 1 amide bonds. The summed E-state index contributed by atoms with van der Waals surface area (Å²) in [6, 6.07) is 0. The fraction of sp³-hybridized carbons (Fsp3) is 0.438. The molecule has 0 atom stereocenters. The maximum absolute atomic E-state index is 12.5. The lowest BCUT2D eigenvalue weighted by atomic mass is 10.0. The molecule has 0 unspecified atom stereocenters. The van der Waals surface area contributed by atoms with Crippen LogP contribution in [0.3, 0.4) is 0 Å². The number of nitrogens with one attached hydrogen (secondary N) is 2. The Kier molecular flexibility index (Phi) is 4.21. The Labute approximate surface area is 138 Å². The number of carbonyl (C=O) groups excluding carboxylic acids is 2. The smallest absolute Gasteiger partial charge is 0.339 e. The summed E-state index contributed by atoms with van der Waals surface area (Å²) in [5, 5.41) is 3.46. The average Bonchev–Trinajstić information content (AvgIpc) is 3.06. The van der Waals surface area contributed by atoms with Gasteiger partial charge in [0.2, 0.25) is 0 Å². The molecule has 1 aliphatic rings. The fourth-order valence-corrected chi connectivity index (χ4v) is 4.00. The number of rotatable bonds is 3. The zero-order valence-corrected chi connectivity index (χ0v) is 14.2. The van der Waals surface area contributed by atoms with E-state index in [9.17, 15) is 9.59 Å². The molecule has 0 bridgehead atoms. The van der Waals surface area contributed by atoms with Crippen molar-refractivity contribution in [3.05, 3.63) is 33.1 Å². The van der Waals surface area contributed by atoms with E-state index in [0.29, 0.717) is 27.6 Å². The van der Waals surface area contributed by atoms with Gasteiger partial charge in [-0.05, 0) is 45.1 Å². The number of carbonyl (C=O) groups is 2. The van der Waals surface area contributed by atoms with E-state index in [2.05, 4.69) is 15.3 Å². The number of anilines is 1. The van der Waals surface area contributed by atoms with Crippen LogP contribution in [0.2, 0.25) is 0 Å². The van der Waals surface area contributed by atoms with Crippen LogP contribution in [0.4, 0.5) is 5.13 Å². The number of methoxy groups -OCH3 is 1. The molecule has 0 saturated carbocycles. The first kappa shape index (κ1) is 15.7. The second-order valence-electron chi connectivity index (χ2n) is 5.67. The summed E-state index contributed by atoms with van der Waals surface area (Å²) < 4.78 is 4.76. The van der Waals surface area contributed by atoms with Crippen LogP contribution in [0.15, 0.2) is 0 Å². The maximum atomic E-state index is 12.5. The predicted molar refractivity (Wildman–Crippen MR) is 88.3 cm³/mol. The Morgan fingerprint density at radius 2 is 2.00 bits per heavy atom. The molecule has 0 fully saturated rings. The Bertz CT molecular complexity index is 752. The van der Waals surface area contributed by atoms with Gasteiger partial charge >= 0.3 is 5.97 Å². The zero-order chi connectivity index (χ0) is 16.6. The van der Waals surface area contributed by atoms with E-state index in [1.54, 1.807) is 13.8 Å². The third-order valence-electron chi connectivity index (χ3n) is 4.12. The van der Waals surface area contributed by atoms with Gasteiger partial charge in [0.05, 0.1) is 18.4 Å². The highest BCUT2D eigenvalue weighted by atomic mass is 32.1. The molecule has 0 saturated heterocycles. The lowest BCUT2D eigenvalue weighted by molar-refractivity contribution is 0.0599. The Morgan fingerprint density at radius 1 is 1.26 bits per heavy atom. The van der Waals surface area contributed by atoms with Crippen LogP contribution in [0.25, 0.3) is 0 Å². The monoisotopic (exact) mass is 333 g/mol. The van der Waals surface area contributed by atoms with Gasteiger partial charge in [-0.15, -0.1) is 11.3 Å². The number of aryl methyl sites for hydroxylation is 3. The normalized spacial score (nSPS) is 13.5. The molecule has 0 aromatic carbocycles. The molecule has 122 valence electrons. The van der Waals surface area contributed by atoms with E-state index >= 15 is 0 Å². The summed E-state index contributed by atoms with van der Waals surface area (Å²) in [4.78, 5) is 33.0. The number of thiazole rings is 1. The van der Waals surface area contributed by atoms with Crippen molar-refractivity contribution in [1.82, 2.24) is 9.97 Å². The number of aromatic amines is 1. The third kappa shape index (κ3) is 2.88. The van der Waals surface area contributed by atoms with Crippen LogP contribution in [0.5, 0.6) is 0 Å². The molecule has 0 spiro atoms. The van der Waals surface area contributed by atoms with Crippen LogP contribution < -0.4 is 5.32 Å². The van der Waals surface area contributed by atoms with Gasteiger partial charge < -0.3 is 9.72 Å². The number of amides is 1. The number of hydrogen-bond donors (Lipinski definition) is 2. The minimum absolute atomic E-state index is 0.285. The van der Waals surface area contributed by atoms with E-state index in [1.165, 1.54) is 29.7 Å². The highest BCUT2D eigenvalue weighted by Crippen LogP contribution is 2.30. The topological polar surface area (TPSA) is 84.1 Å². The second kappa shape index (κ2) is 6.16. The number of esters is 1. The second-order valence-corrected chi connectivity index (χ2v) is 6.75. The first-order valence-electron chi connectivity index (χ1n) is 7.58. The summed E-state index contributed by atoms with van der Waals surface area (Å²) in [5.41, 5.74) is 3.10. The van der Waals surface area contributed by atoms with Gasteiger partial charge in [-0.3, -0.25) is 10.1 Å². The predicted octanol–water partition coefficient (Wildman–Crippen LogP) is 3.01. The van der Waals surface area contributed by atoms with Crippen LogP contribution in [-0.2, 0) is 17.6 Å². The van der Waals surface area contributed by atoms with Crippen molar-refractivity contribution >= 4 is 28.3 Å². The van der Waals surface area contributed by atoms with E-state index in [-0.39, 0.29) is 5.91 Å². The molecule has 1 aliphatic carbocycles. The average molecular weight is 333 g/mol. The molecular weight excluding hydrogens is 314 g/mol. The van der Waals surface area contributed by atoms with E-state index < -0.39 is 5.97 Å². The van der Waals surface area contributed by atoms with Crippen molar-refractivity contribution < 1.29 is 14.3 Å². The summed E-state index contributed by atoms with van der Waals surface area (Å²) in [5.74, 6) is -0.730. The van der Waals surface area contributed by atoms with Crippen molar-refractivity contribution in [3.8, 4) is 0 Å². The largest absolute Gasteiger partial charge is 0.465 e. The van der Waals surface area contributed by atoms with Gasteiger partial charge in [-0.25, -0.2) is 9.78 Å². The summed E-state index contributed by atoms with van der Waals surface area (Å²) in [6.45, 7) is 3.48. The summed E-state index contributed by atoms with van der Waals surface area (Å²) in [7, 11) is 1.33. The van der Waals surface area contributed by atoms with Crippen LogP contribution >= 0.6 is 11.3 Å². The molecule has 2 aromatic rings. The van der Waals surface area contributed by atoms with Gasteiger partial charge in [-0.2, -0.15) is 0 Å². The Hall–Kier alpha value is -2.15. The molecule has 2 aromatic heterocycles. The molecule has 0 radical (unpaired) electrons. The highest BCUT2D eigenvalue weighted by Gasteiger charge is 2.23. The Balaban J connectivity index is 1.84. The van der Waals surface area contributed by atoms with Gasteiger partial charge in [0.15, 0.2) is 5.13 Å². The van der Waals surface area contributed by atoms with Crippen molar-refractivity contribution in [2.75, 3.05) is 12.4 Å². The number of hydrogen-bond acceptors (Lipinski definition) is 5. The van der Waals surface area contributed by atoms with Crippen molar-refractivity contribution in [2.24, 2.45) is 0 Å². The minimum Gasteiger partial charge on any atom is -0.465 e. The first-order valence-corrected chi connectivity index (χ1v) is 8.40. The molecule has 23 heavy (non-hydrogen) atoms. The number of nitrogens with zero attached hydrogens (tertiary/aromatic N) is 1. The summed E-state index contributed by atoms with van der Waals surface area (Å²) in [6.07, 6.45) is 4.35. The lowest BCUT2D eigenvalue weighted by Crippen LogP contribution is -2.14. The molecule has 3 rings (SSSR count). The number of fused-ring (bicyclic) bond motifs is 1. The molecule has 7 heteroatoms. The van der Waals surface area contributed by atoms with Gasteiger partial charge in [0, 0.05) is 10.6 Å². The SMILES string of the molecule is COC(=O)c1c(C)[nH]c(C(=O)Nc2nc3c(s2)CCCC3)c1C. The highest BCUT2D eigenvalue weighted by molar-refractivity contribution is 7.15. The number of H-pyrrole nitrogens is 1. The van der Waals surface area contributed by atoms with Crippen molar-refractivity contribution in [1.29, 1.82) is 0 Å². The van der Waals surface area contributed by atoms with E-state index in [1.807, 2.05) is 0 Å². The van der Waals surface area contributed by atoms with Crippen LogP contribution in [0, 0.1) is 13.8 Å². The minimum atomic E-state index is -0.444. The number of ether oxygens (including phenoxy) is 1. The standard InChI is InChI=1S/C16H19N3O3S/c1-8-12(15(21)22-3)9(2)17-13(8)14(20)19-16-18-10-6-4-5-7-11(10)23-16/h17H,4-7H2,1-3H3,(H,18,19,20). The zero-order valence-electron chi connectivity index (χ0n) is 13.4.